The maximum atomic E-state index is 2.34. The molecule has 0 saturated carbocycles. The highest BCUT2D eigenvalue weighted by Crippen LogP contribution is 2.20. The quantitative estimate of drug-likeness (QED) is 0.218. The van der Waals surface area contributed by atoms with E-state index in [1.807, 2.05) is 0 Å². The topological polar surface area (TPSA) is 0 Å². The fourth-order valence-corrected chi connectivity index (χ4v) is 7.96. The smallest absolute Gasteiger partial charge is 0.0985 e. The van der Waals surface area contributed by atoms with Crippen LogP contribution >= 0.6 is 0 Å². The van der Waals surface area contributed by atoms with E-state index in [0.717, 1.165) is 0 Å². The van der Waals surface area contributed by atoms with Crippen LogP contribution in [0.25, 0.3) is 33.4 Å². The van der Waals surface area contributed by atoms with Crippen LogP contribution in [-0.2, 0) is 0 Å². The second kappa shape index (κ2) is 10.9. The van der Waals surface area contributed by atoms with Gasteiger partial charge in [-0.25, -0.2) is 0 Å². The average Bonchev–Trinajstić information content (AvgIpc) is 3.00. The molecule has 0 spiro atoms. The summed E-state index contributed by atoms with van der Waals surface area (Å²) >= 11 is -1.65. The van der Waals surface area contributed by atoms with Gasteiger partial charge in [0.25, 0.3) is 0 Å². The molecule has 0 aliphatic rings. The number of hydrogen-bond donors (Lipinski definition) is 0. The first-order valence-corrected chi connectivity index (χ1v) is 14.5. The maximum Gasteiger partial charge on any atom is 0.383 e. The molecule has 6 aromatic rings. The molecular weight excluding hydrogens is 459 g/mol. The molecule has 6 aromatic carbocycles. The third-order valence-corrected chi connectivity index (χ3v) is 10.2. The van der Waals surface area contributed by atoms with Crippen LogP contribution < -0.4 is 13.3 Å². The van der Waals surface area contributed by atoms with Crippen molar-refractivity contribution in [2.45, 2.75) is 0 Å². The third kappa shape index (κ3) is 5.20. The fraction of sp³-hybridized carbons (Fsp3) is 0. The highest BCUT2D eigenvalue weighted by molar-refractivity contribution is 6.95. The van der Waals surface area contributed by atoms with Gasteiger partial charge in [0, 0.05) is 0 Å². The van der Waals surface area contributed by atoms with E-state index in [1.54, 1.807) is 0 Å². The van der Waals surface area contributed by atoms with Crippen molar-refractivity contribution in [3.05, 3.63) is 164 Å². The molecule has 0 radical (unpaired) electrons. The molecule has 37 heavy (non-hydrogen) atoms. The minimum atomic E-state index is -1.65. The van der Waals surface area contributed by atoms with Crippen LogP contribution in [0.5, 0.6) is 0 Å². The van der Waals surface area contributed by atoms with Crippen molar-refractivity contribution in [2.75, 3.05) is 0 Å². The van der Waals surface area contributed by atoms with Crippen molar-refractivity contribution >= 4 is 27.4 Å². The average molecular weight is 487 g/mol. The van der Waals surface area contributed by atoms with Crippen molar-refractivity contribution in [1.82, 2.24) is 0 Å². The lowest BCUT2D eigenvalue weighted by atomic mass is 10.1. The molecule has 0 N–H and O–H groups in total. The molecule has 0 atom stereocenters. The lowest BCUT2D eigenvalue weighted by molar-refractivity contribution is 1.62. The van der Waals surface area contributed by atoms with Crippen LogP contribution in [0.4, 0.5) is 0 Å². The van der Waals surface area contributed by atoms with E-state index in [9.17, 15) is 0 Å². The minimum Gasteiger partial charge on any atom is -0.0985 e. The van der Waals surface area contributed by atoms with Gasteiger partial charge in [-0.1, -0.05) is 177 Å². The second-order valence-corrected chi connectivity index (χ2v) is 12.3. The molecule has 1 heteroatoms. The third-order valence-electron chi connectivity index (χ3n) is 7.05. The standard InChI is InChI=1S/3C12H9.Al/c3*1-3-7-11(8-4-1)12-9-5-2-6-10-12;/h3*1,3-10H;. The highest BCUT2D eigenvalue weighted by Gasteiger charge is 2.25. The van der Waals surface area contributed by atoms with Crippen LogP contribution in [-0.4, -0.2) is 14.1 Å². The van der Waals surface area contributed by atoms with Crippen LogP contribution in [0.1, 0.15) is 0 Å². The van der Waals surface area contributed by atoms with E-state index in [1.165, 1.54) is 46.7 Å². The largest absolute Gasteiger partial charge is 0.383 e. The molecule has 0 saturated heterocycles. The normalized spacial score (nSPS) is 10.7. The number of hydrogen-bond acceptors (Lipinski definition) is 0. The molecule has 0 aromatic heterocycles. The summed E-state index contributed by atoms with van der Waals surface area (Å²) < 4.78 is 4.29. The highest BCUT2D eigenvalue weighted by atomic mass is 27.2. The van der Waals surface area contributed by atoms with Crippen LogP contribution in [0.15, 0.2) is 164 Å². The molecule has 6 rings (SSSR count). The summed E-state index contributed by atoms with van der Waals surface area (Å²) in [6.07, 6.45) is 0. The Balaban J connectivity index is 1.38. The molecule has 0 heterocycles. The van der Waals surface area contributed by atoms with E-state index in [4.69, 9.17) is 0 Å². The molecule has 0 aliphatic carbocycles. The van der Waals surface area contributed by atoms with Gasteiger partial charge in [0.2, 0.25) is 0 Å². The molecule has 0 aliphatic heterocycles. The Morgan fingerprint density at radius 3 is 0.676 bits per heavy atom. The molecule has 0 amide bonds. The Kier molecular flexibility index (Phi) is 6.82. The van der Waals surface area contributed by atoms with Crippen LogP contribution in [0.3, 0.4) is 0 Å². The SMILES string of the molecule is c1ccc(-c2cc[c]([Al]([c]3ccc(-c4ccccc4)cc3)[c]3ccc(-c4ccccc4)cc3)cc2)cc1. The monoisotopic (exact) mass is 486 g/mol. The van der Waals surface area contributed by atoms with Gasteiger partial charge in [0.15, 0.2) is 0 Å². The fourth-order valence-electron chi connectivity index (χ4n) is 5.07. The minimum absolute atomic E-state index is 1.26. The Hall–Kier alpha value is -4.15. The zero-order valence-corrected chi connectivity index (χ0v) is 21.8. The van der Waals surface area contributed by atoms with Gasteiger partial charge < -0.3 is 0 Å². The van der Waals surface area contributed by atoms with Gasteiger partial charge in [-0.15, -0.1) is 0 Å². The van der Waals surface area contributed by atoms with E-state index in [2.05, 4.69) is 164 Å². The zero-order chi connectivity index (χ0) is 24.9. The second-order valence-electron chi connectivity index (χ2n) is 9.40. The zero-order valence-electron chi connectivity index (χ0n) is 20.7. The van der Waals surface area contributed by atoms with E-state index in [0.29, 0.717) is 0 Å². The van der Waals surface area contributed by atoms with Crippen molar-refractivity contribution < 1.29 is 0 Å². The van der Waals surface area contributed by atoms with Crippen molar-refractivity contribution in [1.29, 1.82) is 0 Å². The number of rotatable bonds is 6. The molecule has 0 unspecified atom stereocenters. The van der Waals surface area contributed by atoms with Gasteiger partial charge in [-0.2, -0.15) is 0 Å². The van der Waals surface area contributed by atoms with Crippen LogP contribution in [0.2, 0.25) is 0 Å². The Labute approximate surface area is 223 Å². The van der Waals surface area contributed by atoms with Gasteiger partial charge >= 0.3 is 14.1 Å². The summed E-state index contributed by atoms with van der Waals surface area (Å²) in [4.78, 5) is 0. The van der Waals surface area contributed by atoms with Crippen molar-refractivity contribution in [3.63, 3.8) is 0 Å². The Morgan fingerprint density at radius 2 is 0.432 bits per heavy atom. The first kappa shape index (κ1) is 23.3. The summed E-state index contributed by atoms with van der Waals surface area (Å²) in [6, 6.07) is 59.6. The van der Waals surface area contributed by atoms with Gasteiger partial charge in [-0.05, 0) is 33.4 Å². The van der Waals surface area contributed by atoms with Crippen molar-refractivity contribution in [3.8, 4) is 33.4 Å². The maximum absolute atomic E-state index is 2.34. The summed E-state index contributed by atoms with van der Waals surface area (Å²) in [6.45, 7) is 0. The summed E-state index contributed by atoms with van der Waals surface area (Å²) in [5, 5.41) is 0. The van der Waals surface area contributed by atoms with Gasteiger partial charge in [0.1, 0.15) is 0 Å². The summed E-state index contributed by atoms with van der Waals surface area (Å²) in [5.41, 5.74) is 7.55. The predicted molar refractivity (Wildman–Crippen MR) is 160 cm³/mol. The molecule has 174 valence electrons. The summed E-state index contributed by atoms with van der Waals surface area (Å²) in [7, 11) is 0. The van der Waals surface area contributed by atoms with E-state index >= 15 is 0 Å². The summed E-state index contributed by atoms with van der Waals surface area (Å²) in [5.74, 6) is 0. The Bertz CT molecular complexity index is 1360. The van der Waals surface area contributed by atoms with Crippen molar-refractivity contribution in [2.24, 2.45) is 0 Å². The first-order valence-electron chi connectivity index (χ1n) is 12.8. The molecule has 0 nitrogen and oxygen atoms in total. The van der Waals surface area contributed by atoms with Crippen LogP contribution in [0, 0.1) is 0 Å². The molecule has 0 fully saturated rings. The Morgan fingerprint density at radius 1 is 0.216 bits per heavy atom. The predicted octanol–water partition coefficient (Wildman–Crippen LogP) is 7.20. The lowest BCUT2D eigenvalue weighted by Gasteiger charge is -2.16. The molecular formula is C36H27Al. The lowest BCUT2D eigenvalue weighted by Crippen LogP contribution is -2.51. The molecule has 0 bridgehead atoms. The van der Waals surface area contributed by atoms with E-state index < -0.39 is 14.1 Å². The number of benzene rings is 6. The van der Waals surface area contributed by atoms with Gasteiger partial charge in [0.05, 0.1) is 0 Å². The first-order chi connectivity index (χ1) is 18.3. The van der Waals surface area contributed by atoms with E-state index in [-0.39, 0.29) is 0 Å². The van der Waals surface area contributed by atoms with Gasteiger partial charge in [-0.3, -0.25) is 0 Å².